The molecule has 0 aliphatic rings. The smallest absolute Gasteiger partial charge is 0.246 e. The molecule has 0 aliphatic carbocycles. The van der Waals surface area contributed by atoms with Gasteiger partial charge >= 0.3 is 0 Å². The number of rotatable bonds is 53. The summed E-state index contributed by atoms with van der Waals surface area (Å²) in [6.07, 6.45) is 29.9. The highest BCUT2D eigenvalue weighted by Gasteiger charge is 2.46. The van der Waals surface area contributed by atoms with E-state index < -0.39 is 32.2 Å². The van der Waals surface area contributed by atoms with Crippen molar-refractivity contribution in [1.29, 1.82) is 0 Å². The van der Waals surface area contributed by atoms with Crippen molar-refractivity contribution in [2.75, 3.05) is 58.1 Å². The zero-order valence-corrected chi connectivity index (χ0v) is 60.5. The van der Waals surface area contributed by atoms with Gasteiger partial charge in [-0.3, -0.25) is 39.6 Å². The van der Waals surface area contributed by atoms with E-state index in [0.717, 1.165) is 50.4 Å². The number of nitrogens with one attached hydrogen (secondary N) is 1. The maximum Gasteiger partial charge on any atom is 0.246 e. The fourth-order valence-electron chi connectivity index (χ4n) is 13.4. The van der Waals surface area contributed by atoms with Crippen LogP contribution < -0.4 is 37.1 Å². The van der Waals surface area contributed by atoms with Crippen LogP contribution in [0.2, 0.25) is 0 Å². The number of carbonyl (C=O) groups excluding carboxylic acids is 5. The second kappa shape index (κ2) is 47.5. The topological polar surface area (TPSA) is 171 Å². The lowest BCUT2D eigenvalue weighted by molar-refractivity contribution is -0.166. The first-order chi connectivity index (χ1) is 47.4. The van der Waals surface area contributed by atoms with Gasteiger partial charge in [0.25, 0.3) is 0 Å². The molecular weight excluding hydrogens is 1240 g/mol. The van der Waals surface area contributed by atoms with Gasteiger partial charge < -0.3 is 10.2 Å². The van der Waals surface area contributed by atoms with E-state index in [1.165, 1.54) is 154 Å². The van der Waals surface area contributed by atoms with E-state index >= 15 is 0 Å². The molecule has 4 amide bonds. The number of benzene rings is 6. The summed E-state index contributed by atoms with van der Waals surface area (Å²) in [4.78, 5) is 63.8. The Hall–Kier alpha value is -6.43. The van der Waals surface area contributed by atoms with Crippen molar-refractivity contribution < 1.29 is 39.6 Å². The normalized spacial score (nSPS) is 11.6. The van der Waals surface area contributed by atoms with Crippen molar-refractivity contribution in [1.82, 2.24) is 25.4 Å². The monoisotopic (exact) mass is 1360 g/mol. The summed E-state index contributed by atoms with van der Waals surface area (Å²) in [5.41, 5.74) is 0. The molecule has 6 rings (SSSR count). The van der Waals surface area contributed by atoms with Crippen LogP contribution in [-0.2, 0) is 24.0 Å². The summed E-state index contributed by atoms with van der Waals surface area (Å²) in [5.74, 6) is -1.68. The summed E-state index contributed by atoms with van der Waals surface area (Å²) in [5, 5.41) is 44.0. The molecule has 0 fully saturated rings. The van der Waals surface area contributed by atoms with Crippen LogP contribution in [0.15, 0.2) is 182 Å². The third kappa shape index (κ3) is 29.1. The molecule has 0 saturated carbocycles. The van der Waals surface area contributed by atoms with Gasteiger partial charge in [0.1, 0.15) is 52.1 Å². The predicted molar refractivity (Wildman–Crippen MR) is 404 cm³/mol. The van der Waals surface area contributed by atoms with Crippen molar-refractivity contribution in [2.24, 2.45) is 0 Å². The predicted octanol–water partition coefficient (Wildman–Crippen LogP) is 15.7. The minimum absolute atomic E-state index is 0.0195. The second-order valence-corrected chi connectivity index (χ2v) is 33.7. The van der Waals surface area contributed by atoms with Crippen molar-refractivity contribution >= 4 is 75.8 Å². The maximum absolute atomic E-state index is 12.8. The fraction of sp³-hybridized carbons (Fsp3) is 0.500. The molecule has 0 saturated heterocycles. The van der Waals surface area contributed by atoms with E-state index in [2.05, 4.69) is 192 Å². The van der Waals surface area contributed by atoms with Crippen LogP contribution in [0.1, 0.15) is 206 Å². The van der Waals surface area contributed by atoms with Crippen molar-refractivity contribution in [3.63, 3.8) is 0 Å². The molecule has 4 N–H and O–H groups in total. The Morgan fingerprint density at radius 1 is 0.299 bits per heavy atom. The summed E-state index contributed by atoms with van der Waals surface area (Å²) in [6, 6.07) is 67.5. The molecule has 0 unspecified atom stereocenters. The maximum atomic E-state index is 12.8. The number of hydroxylamine groups is 6. The first-order valence-electron chi connectivity index (χ1n) is 37.0. The van der Waals surface area contributed by atoms with Crippen molar-refractivity contribution in [3.05, 3.63) is 182 Å². The van der Waals surface area contributed by atoms with E-state index in [0.29, 0.717) is 61.6 Å². The molecule has 526 valence electrons. The van der Waals surface area contributed by atoms with Crippen molar-refractivity contribution in [3.8, 4) is 0 Å². The fourth-order valence-corrected chi connectivity index (χ4v) is 22.3. The standard InChI is InChI=1S/C82H116N5O8P2/c1-72(88)85(93)67-41-13-10-24-46-73(89)59-61-81(91)86(94)68-42-22-37-63-83-80(90)60-62-82(92)87(95)69-43-23-40-66-84(64-38-11-6-2-4-8-14-44-70-96(74-47-25-16-26-48-74,75-49-27-17-28-50-75)76-51-29-18-30-52-76)65-39-12-7-3-5-9-15-45-71-97(77-53-31-19-32-54-77,78-55-33-20-34-56-78)79-57-35-21-36-58-79/h16-21,25-36,47-58,93-95H,2-15,22-24,37-46,59-71H2,1H3/q+1/p+1. The molecule has 0 atom stereocenters. The number of ketones is 1. The number of unbranched alkanes of at least 4 members (excludes halogenated alkanes) is 21. The van der Waals surface area contributed by atoms with Crippen LogP contribution in [0, 0.1) is 0 Å². The Morgan fingerprint density at radius 2 is 0.567 bits per heavy atom. The Labute approximate surface area is 583 Å². The molecule has 0 aliphatic heterocycles. The van der Waals surface area contributed by atoms with Crippen molar-refractivity contribution in [2.45, 2.75) is 206 Å². The number of Topliss-reactive ketones (excluding diaryl/α,β-unsaturated/α-hetero) is 1. The molecule has 0 radical (unpaired) electrons. The molecule has 13 nitrogen and oxygen atoms in total. The summed E-state index contributed by atoms with van der Waals surface area (Å²) in [6.45, 7) is 5.53. The van der Waals surface area contributed by atoms with Gasteiger partial charge in [0.2, 0.25) is 23.6 Å². The highest BCUT2D eigenvalue weighted by Crippen LogP contribution is 2.57. The molecule has 6 aromatic rings. The SMILES string of the molecule is CC(=O)N(O)CCCCCCC(=O)CCC(=O)N(O)CCCCCNC(=O)CCC(=O)N(O)CCCCCN(CCCCCCCCCC[P+](c1ccccc1)(c1ccccc1)c1ccccc1)CCCCCCCCCC[P+](c1ccccc1)(c1ccccc1)c1ccccc1. The Bertz CT molecular complexity index is 2740. The Morgan fingerprint density at radius 3 is 0.907 bits per heavy atom. The lowest BCUT2D eigenvalue weighted by Gasteiger charge is -2.27. The van der Waals surface area contributed by atoms with Crippen LogP contribution in [0.5, 0.6) is 0 Å². The minimum Gasteiger partial charge on any atom is -0.356 e. The zero-order chi connectivity index (χ0) is 68.9. The molecule has 6 aromatic carbocycles. The average Bonchev–Trinajstić information content (AvgIpc) is 1.12. The van der Waals surface area contributed by atoms with Gasteiger partial charge in [-0.25, -0.2) is 15.2 Å². The van der Waals surface area contributed by atoms with Crippen LogP contribution in [0.4, 0.5) is 0 Å². The number of hydrogen-bond donors (Lipinski definition) is 4. The van der Waals surface area contributed by atoms with Crippen LogP contribution >= 0.6 is 14.5 Å². The third-order valence-corrected chi connectivity index (χ3v) is 28.1. The number of hydrogen-bond acceptors (Lipinski definition) is 9. The molecule has 0 heterocycles. The number of carbonyl (C=O) groups is 5. The number of amides is 4. The Balaban J connectivity index is 0.857. The average molecular weight is 1360 g/mol. The molecular formula is C82H117N5O8P2+2. The van der Waals surface area contributed by atoms with Crippen LogP contribution in [-0.4, -0.2) is 123 Å². The lowest BCUT2D eigenvalue weighted by Crippen LogP contribution is -2.33. The molecule has 0 spiro atoms. The van der Waals surface area contributed by atoms with E-state index in [-0.39, 0.29) is 57.0 Å². The first-order valence-corrected chi connectivity index (χ1v) is 40.9. The quantitative estimate of drug-likeness (QED) is 0.0126. The van der Waals surface area contributed by atoms with E-state index in [1.54, 1.807) is 0 Å². The van der Waals surface area contributed by atoms with Crippen LogP contribution in [0.25, 0.3) is 0 Å². The summed E-state index contributed by atoms with van der Waals surface area (Å²) >= 11 is 0. The van der Waals surface area contributed by atoms with Gasteiger partial charge in [-0.05, 0) is 176 Å². The largest absolute Gasteiger partial charge is 0.356 e. The van der Waals surface area contributed by atoms with Gasteiger partial charge in [-0.15, -0.1) is 0 Å². The molecule has 97 heavy (non-hydrogen) atoms. The van der Waals surface area contributed by atoms with E-state index in [1.807, 2.05) is 0 Å². The lowest BCUT2D eigenvalue weighted by atomic mass is 10.1. The minimum atomic E-state index is -1.79. The van der Waals surface area contributed by atoms with Crippen LogP contribution in [0.3, 0.4) is 0 Å². The third-order valence-electron chi connectivity index (χ3n) is 19.0. The first kappa shape index (κ1) is 79.6. The molecule has 15 heteroatoms. The van der Waals surface area contributed by atoms with E-state index in [4.69, 9.17) is 0 Å². The number of nitrogens with zero attached hydrogens (tertiary/aromatic N) is 4. The van der Waals surface area contributed by atoms with E-state index in [9.17, 15) is 39.6 Å². The van der Waals surface area contributed by atoms with Gasteiger partial charge in [0.05, 0.1) is 12.3 Å². The highest BCUT2D eigenvalue weighted by atomic mass is 31.2. The Kier molecular flexibility index (Phi) is 39.0. The van der Waals surface area contributed by atoms with Gasteiger partial charge in [0, 0.05) is 65.2 Å². The van der Waals surface area contributed by atoms with Gasteiger partial charge in [0.15, 0.2) is 0 Å². The van der Waals surface area contributed by atoms with Gasteiger partial charge in [-0.2, -0.15) is 0 Å². The van der Waals surface area contributed by atoms with Gasteiger partial charge in [-0.1, -0.05) is 193 Å². The highest BCUT2D eigenvalue weighted by molar-refractivity contribution is 7.96. The second-order valence-electron chi connectivity index (χ2n) is 26.4. The zero-order valence-electron chi connectivity index (χ0n) is 58.7. The summed E-state index contributed by atoms with van der Waals surface area (Å²) in [7, 11) is -3.58. The molecule has 0 bridgehead atoms. The molecule has 0 aromatic heterocycles. The summed E-state index contributed by atoms with van der Waals surface area (Å²) < 4.78 is 0.